The maximum atomic E-state index is 6.00. The molecule has 0 saturated heterocycles. The van der Waals surface area contributed by atoms with Crippen molar-refractivity contribution >= 4 is 5.82 Å². The highest BCUT2D eigenvalue weighted by Crippen LogP contribution is 2.20. The van der Waals surface area contributed by atoms with Crippen molar-refractivity contribution in [3.8, 4) is 0 Å². The second-order valence-electron chi connectivity index (χ2n) is 3.93. The molecule has 1 rings (SSSR count). The molecule has 0 aliphatic heterocycles. The summed E-state index contributed by atoms with van der Waals surface area (Å²) in [6, 6.07) is 2.22. The van der Waals surface area contributed by atoms with Crippen molar-refractivity contribution in [3.63, 3.8) is 0 Å². The summed E-state index contributed by atoms with van der Waals surface area (Å²) in [5.74, 6) is 1.02. The zero-order valence-electron chi connectivity index (χ0n) is 10.1. The van der Waals surface area contributed by atoms with Gasteiger partial charge < -0.3 is 10.6 Å². The number of rotatable bonds is 4. The standard InChI is InChI=1S/C12H21N3/c1-5-11(13)10-8-14-12(7-9(10)3)15(4)6-2/h7-8,11H,5-6,13H2,1-4H3. The molecular formula is C12H21N3. The van der Waals surface area contributed by atoms with Crippen molar-refractivity contribution in [1.29, 1.82) is 0 Å². The molecule has 1 atom stereocenters. The van der Waals surface area contributed by atoms with Crippen LogP contribution in [0.2, 0.25) is 0 Å². The maximum absolute atomic E-state index is 6.00. The van der Waals surface area contributed by atoms with E-state index in [1.165, 1.54) is 5.56 Å². The van der Waals surface area contributed by atoms with Crippen molar-refractivity contribution in [3.05, 3.63) is 23.4 Å². The molecule has 0 amide bonds. The van der Waals surface area contributed by atoms with Crippen LogP contribution in [0.3, 0.4) is 0 Å². The molecule has 3 heteroatoms. The number of nitrogens with two attached hydrogens (primary N) is 1. The van der Waals surface area contributed by atoms with Crippen LogP contribution < -0.4 is 10.6 Å². The van der Waals surface area contributed by atoms with E-state index in [2.05, 4.69) is 36.7 Å². The summed E-state index contributed by atoms with van der Waals surface area (Å²) in [4.78, 5) is 6.54. The lowest BCUT2D eigenvalue weighted by molar-refractivity contribution is 0.689. The molecule has 2 N–H and O–H groups in total. The average Bonchev–Trinajstić information content (AvgIpc) is 2.26. The van der Waals surface area contributed by atoms with Gasteiger partial charge in [-0.15, -0.1) is 0 Å². The number of hydrogen-bond acceptors (Lipinski definition) is 3. The molecule has 0 aliphatic rings. The van der Waals surface area contributed by atoms with Gasteiger partial charge in [-0.2, -0.15) is 0 Å². The van der Waals surface area contributed by atoms with E-state index in [4.69, 9.17) is 5.73 Å². The minimum Gasteiger partial charge on any atom is -0.360 e. The van der Waals surface area contributed by atoms with Gasteiger partial charge in [0.1, 0.15) is 5.82 Å². The van der Waals surface area contributed by atoms with E-state index in [0.717, 1.165) is 24.3 Å². The van der Waals surface area contributed by atoms with Gasteiger partial charge in [0.2, 0.25) is 0 Å². The first-order valence-electron chi connectivity index (χ1n) is 5.53. The Balaban J connectivity index is 2.97. The van der Waals surface area contributed by atoms with Gasteiger partial charge in [-0.1, -0.05) is 6.92 Å². The van der Waals surface area contributed by atoms with Crippen molar-refractivity contribution in [2.75, 3.05) is 18.5 Å². The Bertz CT molecular complexity index is 323. The highest BCUT2D eigenvalue weighted by atomic mass is 15.1. The molecule has 0 bridgehead atoms. The third-order valence-electron chi connectivity index (χ3n) is 2.84. The Kier molecular flexibility index (Phi) is 4.09. The Labute approximate surface area is 92.3 Å². The van der Waals surface area contributed by atoms with Crippen LogP contribution in [0.4, 0.5) is 5.82 Å². The summed E-state index contributed by atoms with van der Waals surface area (Å²) in [5, 5.41) is 0. The molecule has 0 radical (unpaired) electrons. The first-order valence-corrected chi connectivity index (χ1v) is 5.53. The van der Waals surface area contributed by atoms with Gasteiger partial charge in [-0.25, -0.2) is 4.98 Å². The summed E-state index contributed by atoms with van der Waals surface area (Å²) in [5.41, 5.74) is 8.39. The number of nitrogens with zero attached hydrogens (tertiary/aromatic N) is 2. The zero-order chi connectivity index (χ0) is 11.4. The lowest BCUT2D eigenvalue weighted by Gasteiger charge is -2.18. The Morgan fingerprint density at radius 2 is 2.13 bits per heavy atom. The normalized spacial score (nSPS) is 12.6. The van der Waals surface area contributed by atoms with E-state index in [0.29, 0.717) is 0 Å². The van der Waals surface area contributed by atoms with Crippen LogP contribution in [-0.2, 0) is 0 Å². The summed E-state index contributed by atoms with van der Waals surface area (Å²) < 4.78 is 0. The highest BCUT2D eigenvalue weighted by Gasteiger charge is 2.09. The quantitative estimate of drug-likeness (QED) is 0.823. The molecule has 84 valence electrons. The van der Waals surface area contributed by atoms with Crippen LogP contribution in [0, 0.1) is 6.92 Å². The van der Waals surface area contributed by atoms with Crippen molar-refractivity contribution in [2.45, 2.75) is 33.2 Å². The van der Waals surface area contributed by atoms with Gasteiger partial charge in [0.25, 0.3) is 0 Å². The fourth-order valence-corrected chi connectivity index (χ4v) is 1.53. The molecule has 1 aromatic rings. The molecule has 0 fully saturated rings. The average molecular weight is 207 g/mol. The van der Waals surface area contributed by atoms with Crippen LogP contribution in [0.15, 0.2) is 12.3 Å². The minimum absolute atomic E-state index is 0.110. The second kappa shape index (κ2) is 5.12. The molecule has 1 heterocycles. The molecule has 1 unspecified atom stereocenters. The van der Waals surface area contributed by atoms with Gasteiger partial charge in [0, 0.05) is 25.8 Å². The van der Waals surface area contributed by atoms with Crippen LogP contribution in [0.5, 0.6) is 0 Å². The summed E-state index contributed by atoms with van der Waals surface area (Å²) in [6.45, 7) is 7.27. The molecule has 3 nitrogen and oxygen atoms in total. The molecule has 0 spiro atoms. The van der Waals surface area contributed by atoms with E-state index in [-0.39, 0.29) is 6.04 Å². The topological polar surface area (TPSA) is 42.1 Å². The number of pyridine rings is 1. The van der Waals surface area contributed by atoms with Gasteiger partial charge in [0.15, 0.2) is 0 Å². The van der Waals surface area contributed by atoms with Crippen LogP contribution in [0.25, 0.3) is 0 Å². The fraction of sp³-hybridized carbons (Fsp3) is 0.583. The van der Waals surface area contributed by atoms with Gasteiger partial charge in [0.05, 0.1) is 0 Å². The maximum Gasteiger partial charge on any atom is 0.128 e. The molecule has 1 aromatic heterocycles. The van der Waals surface area contributed by atoms with Crippen LogP contribution >= 0.6 is 0 Å². The first-order chi connectivity index (χ1) is 7.10. The number of anilines is 1. The second-order valence-corrected chi connectivity index (χ2v) is 3.93. The molecule has 0 aromatic carbocycles. The van der Waals surface area contributed by atoms with Gasteiger partial charge in [-0.3, -0.25) is 0 Å². The van der Waals surface area contributed by atoms with E-state index in [1.54, 1.807) is 0 Å². The molecule has 0 saturated carbocycles. The summed E-state index contributed by atoms with van der Waals surface area (Å²) in [6.07, 6.45) is 2.86. The van der Waals surface area contributed by atoms with Gasteiger partial charge >= 0.3 is 0 Å². The minimum atomic E-state index is 0.110. The third kappa shape index (κ3) is 2.69. The largest absolute Gasteiger partial charge is 0.360 e. The predicted molar refractivity (Wildman–Crippen MR) is 65.1 cm³/mol. The van der Waals surface area contributed by atoms with Crippen molar-refractivity contribution in [1.82, 2.24) is 4.98 Å². The highest BCUT2D eigenvalue weighted by molar-refractivity contribution is 5.43. The van der Waals surface area contributed by atoms with E-state index in [1.807, 2.05) is 13.2 Å². The Hall–Kier alpha value is -1.09. The van der Waals surface area contributed by atoms with Crippen LogP contribution in [-0.4, -0.2) is 18.6 Å². The Morgan fingerprint density at radius 1 is 1.47 bits per heavy atom. The fourth-order valence-electron chi connectivity index (χ4n) is 1.53. The smallest absolute Gasteiger partial charge is 0.128 e. The number of aromatic nitrogens is 1. The number of aryl methyl sites for hydroxylation is 1. The Morgan fingerprint density at radius 3 is 2.60 bits per heavy atom. The SMILES string of the molecule is CCC(N)c1cnc(N(C)CC)cc1C. The molecular weight excluding hydrogens is 186 g/mol. The monoisotopic (exact) mass is 207 g/mol. The molecule has 0 aliphatic carbocycles. The first kappa shape index (κ1) is 12.0. The third-order valence-corrected chi connectivity index (χ3v) is 2.84. The summed E-state index contributed by atoms with van der Waals surface area (Å²) >= 11 is 0. The summed E-state index contributed by atoms with van der Waals surface area (Å²) in [7, 11) is 2.04. The van der Waals surface area contributed by atoms with Crippen molar-refractivity contribution < 1.29 is 0 Å². The van der Waals surface area contributed by atoms with E-state index in [9.17, 15) is 0 Å². The number of hydrogen-bond donors (Lipinski definition) is 1. The molecule has 15 heavy (non-hydrogen) atoms. The zero-order valence-corrected chi connectivity index (χ0v) is 10.1. The lowest BCUT2D eigenvalue weighted by atomic mass is 10.0. The van der Waals surface area contributed by atoms with Gasteiger partial charge in [-0.05, 0) is 37.5 Å². The van der Waals surface area contributed by atoms with Crippen LogP contribution in [0.1, 0.15) is 37.4 Å². The van der Waals surface area contributed by atoms with Crippen molar-refractivity contribution in [2.24, 2.45) is 5.73 Å². The van der Waals surface area contributed by atoms with E-state index >= 15 is 0 Å². The predicted octanol–water partition coefficient (Wildman–Crippen LogP) is 2.26. The van der Waals surface area contributed by atoms with E-state index < -0.39 is 0 Å². The lowest BCUT2D eigenvalue weighted by Crippen LogP contribution is -2.18.